The molecule has 0 aliphatic carbocycles. The average Bonchev–Trinajstić information content (AvgIpc) is 2.87. The van der Waals surface area contributed by atoms with E-state index in [0.717, 1.165) is 16.8 Å². The minimum atomic E-state index is -0.669. The summed E-state index contributed by atoms with van der Waals surface area (Å²) in [6.07, 6.45) is 1.21. The molecular weight excluding hydrogens is 386 g/mol. The van der Waals surface area contributed by atoms with Crippen LogP contribution in [0.1, 0.15) is 18.7 Å². The minimum Gasteiger partial charge on any atom is -0.447 e. The lowest BCUT2D eigenvalue weighted by atomic mass is 10.1. The summed E-state index contributed by atoms with van der Waals surface area (Å²) >= 11 is 1.39. The van der Waals surface area contributed by atoms with Crippen molar-refractivity contribution in [2.45, 2.75) is 18.3 Å². The number of carbonyl (C=O) groups is 1. The van der Waals surface area contributed by atoms with Crippen molar-refractivity contribution in [3.05, 3.63) is 54.1 Å². The highest BCUT2D eigenvalue weighted by atomic mass is 32.2. The fraction of sp³-hybridized carbons (Fsp3) is 0.238. The van der Waals surface area contributed by atoms with E-state index in [1.165, 1.54) is 18.7 Å². The van der Waals surface area contributed by atoms with Crippen molar-refractivity contribution in [3.8, 4) is 17.1 Å². The summed E-state index contributed by atoms with van der Waals surface area (Å²) < 4.78 is 6.31. The van der Waals surface area contributed by atoms with Gasteiger partial charge in [0, 0.05) is 37.8 Å². The number of thioether (sulfide) groups is 1. The number of nitrogens with zero attached hydrogens (tertiary/aromatic N) is 5. The van der Waals surface area contributed by atoms with Crippen LogP contribution in [-0.4, -0.2) is 41.4 Å². The highest BCUT2D eigenvalue weighted by Crippen LogP contribution is 2.43. The number of rotatable bonds is 3. The van der Waals surface area contributed by atoms with Crippen LogP contribution >= 0.6 is 11.8 Å². The largest absolute Gasteiger partial charge is 0.447 e. The first-order valence-electron chi connectivity index (χ1n) is 9.11. The van der Waals surface area contributed by atoms with Crippen LogP contribution in [0.4, 0.5) is 11.4 Å². The van der Waals surface area contributed by atoms with Crippen molar-refractivity contribution in [2.75, 3.05) is 30.2 Å². The van der Waals surface area contributed by atoms with Gasteiger partial charge in [-0.05, 0) is 24.5 Å². The highest BCUT2D eigenvalue weighted by molar-refractivity contribution is 7.98. The summed E-state index contributed by atoms with van der Waals surface area (Å²) in [5.74, 6) is 0.229. The van der Waals surface area contributed by atoms with E-state index in [-0.39, 0.29) is 5.91 Å². The number of hydrogen-bond donors (Lipinski definition) is 0. The van der Waals surface area contributed by atoms with Gasteiger partial charge in [0.25, 0.3) is 0 Å². The summed E-state index contributed by atoms with van der Waals surface area (Å²) in [7, 11) is 3.97. The number of amides is 1. The third-order valence-electron chi connectivity index (χ3n) is 4.73. The summed E-state index contributed by atoms with van der Waals surface area (Å²) in [6.45, 7) is 1.53. The molecule has 0 saturated heterocycles. The fourth-order valence-electron chi connectivity index (χ4n) is 3.29. The zero-order valence-electron chi connectivity index (χ0n) is 16.7. The Hall–Kier alpha value is -3.13. The molecule has 0 radical (unpaired) electrons. The van der Waals surface area contributed by atoms with Gasteiger partial charge < -0.3 is 9.64 Å². The minimum absolute atomic E-state index is 0.134. The molecule has 0 spiro atoms. The molecule has 1 atom stereocenters. The second kappa shape index (κ2) is 7.71. The van der Waals surface area contributed by atoms with Gasteiger partial charge in [-0.2, -0.15) is 4.98 Å². The number of benzene rings is 2. The molecule has 1 amide bonds. The quantitative estimate of drug-likeness (QED) is 0.612. The van der Waals surface area contributed by atoms with Crippen molar-refractivity contribution in [3.63, 3.8) is 0 Å². The molecule has 148 valence electrons. The molecule has 4 rings (SSSR count). The lowest BCUT2D eigenvalue weighted by Crippen LogP contribution is -2.36. The third kappa shape index (κ3) is 3.51. The monoisotopic (exact) mass is 407 g/mol. The molecule has 0 fully saturated rings. The molecule has 3 aromatic rings. The first kappa shape index (κ1) is 19.2. The number of para-hydroxylation sites is 1. The van der Waals surface area contributed by atoms with Crippen LogP contribution in [0.25, 0.3) is 11.3 Å². The lowest BCUT2D eigenvalue weighted by Gasteiger charge is -2.30. The molecule has 1 aliphatic rings. The van der Waals surface area contributed by atoms with E-state index in [9.17, 15) is 4.79 Å². The summed E-state index contributed by atoms with van der Waals surface area (Å²) in [4.78, 5) is 20.9. The highest BCUT2D eigenvalue weighted by Gasteiger charge is 2.34. The topological polar surface area (TPSA) is 71.5 Å². The summed E-state index contributed by atoms with van der Waals surface area (Å²) in [5, 5.41) is 9.02. The van der Waals surface area contributed by atoms with Gasteiger partial charge >= 0.3 is 0 Å². The normalized spacial score (nSPS) is 15.0. The van der Waals surface area contributed by atoms with E-state index in [1.807, 2.05) is 73.8 Å². The Bertz CT molecular complexity index is 1060. The van der Waals surface area contributed by atoms with Crippen molar-refractivity contribution in [2.24, 2.45) is 0 Å². The number of hydrogen-bond acceptors (Lipinski definition) is 7. The van der Waals surface area contributed by atoms with E-state index in [0.29, 0.717) is 22.4 Å². The van der Waals surface area contributed by atoms with Crippen LogP contribution in [0, 0.1) is 0 Å². The maximum atomic E-state index is 12.7. The second-order valence-electron chi connectivity index (χ2n) is 6.81. The number of ether oxygens (including phenoxy) is 1. The van der Waals surface area contributed by atoms with Gasteiger partial charge in [0.15, 0.2) is 5.69 Å². The molecule has 0 saturated carbocycles. The van der Waals surface area contributed by atoms with Crippen LogP contribution in [0.2, 0.25) is 0 Å². The van der Waals surface area contributed by atoms with Gasteiger partial charge in [-0.25, -0.2) is 0 Å². The maximum absolute atomic E-state index is 12.7. The predicted molar refractivity (Wildman–Crippen MR) is 114 cm³/mol. The molecule has 1 unspecified atom stereocenters. The Kier molecular flexibility index (Phi) is 5.10. The van der Waals surface area contributed by atoms with Crippen molar-refractivity contribution in [1.82, 2.24) is 15.2 Å². The van der Waals surface area contributed by atoms with Crippen molar-refractivity contribution < 1.29 is 9.53 Å². The Morgan fingerprint density at radius 3 is 2.48 bits per heavy atom. The van der Waals surface area contributed by atoms with Crippen LogP contribution < -0.4 is 14.5 Å². The Morgan fingerprint density at radius 2 is 1.83 bits per heavy atom. The fourth-order valence-corrected chi connectivity index (χ4v) is 3.59. The van der Waals surface area contributed by atoms with E-state index in [1.54, 1.807) is 4.90 Å². The van der Waals surface area contributed by atoms with Gasteiger partial charge in [-0.1, -0.05) is 42.1 Å². The Balaban J connectivity index is 1.91. The van der Waals surface area contributed by atoms with E-state index < -0.39 is 6.23 Å². The predicted octanol–water partition coefficient (Wildman–Crippen LogP) is 3.77. The van der Waals surface area contributed by atoms with Crippen molar-refractivity contribution >= 4 is 29.0 Å². The van der Waals surface area contributed by atoms with E-state index >= 15 is 0 Å². The van der Waals surface area contributed by atoms with Gasteiger partial charge in [0.05, 0.1) is 5.69 Å². The Morgan fingerprint density at radius 1 is 1.10 bits per heavy atom. The molecule has 0 bridgehead atoms. The number of aromatic nitrogens is 3. The van der Waals surface area contributed by atoms with E-state index in [2.05, 4.69) is 15.2 Å². The molecule has 29 heavy (non-hydrogen) atoms. The molecule has 1 aliphatic heterocycles. The zero-order valence-corrected chi connectivity index (χ0v) is 17.5. The van der Waals surface area contributed by atoms with Gasteiger partial charge in [-0.3, -0.25) is 9.69 Å². The van der Waals surface area contributed by atoms with Crippen LogP contribution in [0.15, 0.2) is 53.7 Å². The number of anilines is 2. The Labute approximate surface area is 173 Å². The lowest BCUT2D eigenvalue weighted by molar-refractivity contribution is -0.118. The van der Waals surface area contributed by atoms with Crippen molar-refractivity contribution in [1.29, 1.82) is 0 Å². The molecule has 8 heteroatoms. The van der Waals surface area contributed by atoms with E-state index in [4.69, 9.17) is 4.74 Å². The maximum Gasteiger partial charge on any atom is 0.247 e. The number of carbonyl (C=O) groups excluding carboxylic acids is 1. The smallest absolute Gasteiger partial charge is 0.247 e. The standard InChI is InChI=1S/C21H21N5O2S/c1-13(27)26-17-8-6-5-7-16(17)18-19(22-21(29-4)24-23-18)28-20(26)14-9-11-15(12-10-14)25(2)3/h5-12,20H,1-4H3. The molecule has 2 heterocycles. The molecule has 0 N–H and O–H groups in total. The number of fused-ring (bicyclic) bond motifs is 3. The molecular formula is C21H21N5O2S. The molecule has 1 aromatic heterocycles. The van der Waals surface area contributed by atoms with Crippen LogP contribution in [-0.2, 0) is 4.79 Å². The van der Waals surface area contributed by atoms with Gasteiger partial charge in [0.2, 0.25) is 23.2 Å². The average molecular weight is 407 g/mol. The zero-order chi connectivity index (χ0) is 20.5. The second-order valence-corrected chi connectivity index (χ2v) is 7.59. The van der Waals surface area contributed by atoms with Gasteiger partial charge in [0.1, 0.15) is 0 Å². The van der Waals surface area contributed by atoms with Gasteiger partial charge in [-0.15, -0.1) is 10.2 Å². The van der Waals surface area contributed by atoms with Crippen LogP contribution in [0.3, 0.4) is 0 Å². The molecule has 7 nitrogen and oxygen atoms in total. The summed E-state index contributed by atoms with van der Waals surface area (Å²) in [5.41, 5.74) is 3.91. The molecule has 2 aromatic carbocycles. The first-order chi connectivity index (χ1) is 14.0. The van der Waals surface area contributed by atoms with Crippen LogP contribution in [0.5, 0.6) is 5.88 Å². The summed E-state index contributed by atoms with van der Waals surface area (Å²) in [6, 6.07) is 15.5. The first-order valence-corrected chi connectivity index (χ1v) is 10.3. The SMILES string of the molecule is CSc1nnc2c(n1)OC(c1ccc(N(C)C)cc1)N(C(C)=O)c1ccccc1-2. The third-order valence-corrected chi connectivity index (χ3v) is 5.27.